The summed E-state index contributed by atoms with van der Waals surface area (Å²) in [6, 6.07) is 2.83. The van der Waals surface area contributed by atoms with Gasteiger partial charge in [0.15, 0.2) is 9.84 Å². The number of thiophene rings is 1. The smallest absolute Gasteiger partial charge is 0.320 e. The van der Waals surface area contributed by atoms with Gasteiger partial charge in [0.05, 0.1) is 27.9 Å². The molecule has 1 fully saturated rings. The first kappa shape index (κ1) is 14.6. The van der Waals surface area contributed by atoms with Crippen molar-refractivity contribution in [2.75, 3.05) is 16.8 Å². The summed E-state index contributed by atoms with van der Waals surface area (Å²) in [5.41, 5.74) is 0. The molecule has 1 aliphatic heterocycles. The molecule has 0 saturated carbocycles. The quantitative estimate of drug-likeness (QED) is 0.834. The van der Waals surface area contributed by atoms with Crippen molar-refractivity contribution in [3.05, 3.63) is 17.0 Å². The number of hydrogen-bond donors (Lipinski definition) is 2. The lowest BCUT2D eigenvalue weighted by atomic mass is 10.2. The molecule has 1 aromatic rings. The minimum Gasteiger partial charge on any atom is -0.333 e. The summed E-state index contributed by atoms with van der Waals surface area (Å²) in [5, 5.41) is 5.46. The molecule has 1 aromatic heterocycles. The van der Waals surface area contributed by atoms with E-state index in [2.05, 4.69) is 10.6 Å². The molecular formula is C11H15ClN2O3S2. The highest BCUT2D eigenvalue weighted by molar-refractivity contribution is 7.91. The summed E-state index contributed by atoms with van der Waals surface area (Å²) >= 11 is 7.41. The standard InChI is InChI=1S/C11H15ClN2O3S2/c1-2-7-3-4-10(18-7)14-11(15)13-9-6-19(16,17)5-8(9)12/h3-4,8-9H,2,5-6H2,1H3,(H2,13,14,15)/t8-,9-/m1/s1. The van der Waals surface area contributed by atoms with Crippen LogP contribution in [0, 0.1) is 0 Å². The molecular weight excluding hydrogens is 308 g/mol. The molecule has 0 bridgehead atoms. The molecule has 2 N–H and O–H groups in total. The highest BCUT2D eigenvalue weighted by Crippen LogP contribution is 2.22. The van der Waals surface area contributed by atoms with Gasteiger partial charge in [0, 0.05) is 4.88 Å². The molecule has 2 rings (SSSR count). The summed E-state index contributed by atoms with van der Waals surface area (Å²) in [7, 11) is -3.13. The van der Waals surface area contributed by atoms with Crippen molar-refractivity contribution in [1.29, 1.82) is 0 Å². The highest BCUT2D eigenvalue weighted by Gasteiger charge is 2.37. The zero-order valence-electron chi connectivity index (χ0n) is 10.3. The average molecular weight is 323 g/mol. The average Bonchev–Trinajstić information content (AvgIpc) is 2.83. The van der Waals surface area contributed by atoms with Gasteiger partial charge in [-0.15, -0.1) is 22.9 Å². The number of sulfone groups is 1. The fourth-order valence-corrected chi connectivity index (χ4v) is 5.28. The number of rotatable bonds is 3. The van der Waals surface area contributed by atoms with E-state index in [4.69, 9.17) is 11.6 Å². The summed E-state index contributed by atoms with van der Waals surface area (Å²) in [5.74, 6) is -0.183. The van der Waals surface area contributed by atoms with E-state index in [1.54, 1.807) is 0 Å². The third-order valence-corrected chi connectivity index (χ3v) is 6.37. The van der Waals surface area contributed by atoms with E-state index in [0.717, 1.165) is 11.4 Å². The third-order valence-electron chi connectivity index (χ3n) is 2.85. The molecule has 0 aliphatic carbocycles. The molecule has 2 amide bonds. The number of carbonyl (C=O) groups excluding carboxylic acids is 1. The monoisotopic (exact) mass is 322 g/mol. The maximum atomic E-state index is 11.8. The number of carbonyl (C=O) groups is 1. The van der Waals surface area contributed by atoms with Crippen LogP contribution in [0.3, 0.4) is 0 Å². The predicted molar refractivity (Wildman–Crippen MR) is 77.9 cm³/mol. The van der Waals surface area contributed by atoms with Gasteiger partial charge >= 0.3 is 6.03 Å². The van der Waals surface area contributed by atoms with E-state index in [1.807, 2.05) is 19.1 Å². The van der Waals surface area contributed by atoms with Gasteiger partial charge < -0.3 is 5.32 Å². The number of alkyl halides is 1. The lowest BCUT2D eigenvalue weighted by Gasteiger charge is -2.14. The lowest BCUT2D eigenvalue weighted by molar-refractivity contribution is 0.249. The Bertz CT molecular complexity index is 570. The second kappa shape index (κ2) is 5.68. The molecule has 19 heavy (non-hydrogen) atoms. The summed E-state index contributed by atoms with van der Waals surface area (Å²) in [4.78, 5) is 12.9. The second-order valence-electron chi connectivity index (χ2n) is 4.42. The van der Waals surface area contributed by atoms with Gasteiger partial charge in [0.1, 0.15) is 0 Å². The molecule has 5 nitrogen and oxygen atoms in total. The number of hydrogen-bond acceptors (Lipinski definition) is 4. The number of aryl methyl sites for hydroxylation is 1. The molecule has 0 spiro atoms. The molecule has 2 atom stereocenters. The third kappa shape index (κ3) is 3.84. The first-order valence-electron chi connectivity index (χ1n) is 5.90. The van der Waals surface area contributed by atoms with Crippen LogP contribution < -0.4 is 10.6 Å². The molecule has 0 unspecified atom stereocenters. The summed E-state index contributed by atoms with van der Waals surface area (Å²) < 4.78 is 22.8. The van der Waals surface area contributed by atoms with E-state index in [9.17, 15) is 13.2 Å². The van der Waals surface area contributed by atoms with Crippen LogP contribution in [0.5, 0.6) is 0 Å². The number of halogens is 1. The van der Waals surface area contributed by atoms with Crippen molar-refractivity contribution < 1.29 is 13.2 Å². The zero-order valence-corrected chi connectivity index (χ0v) is 12.7. The largest absolute Gasteiger partial charge is 0.333 e. The summed E-state index contributed by atoms with van der Waals surface area (Å²) in [6.45, 7) is 2.04. The fraction of sp³-hybridized carbons (Fsp3) is 0.545. The Morgan fingerprint density at radius 2 is 2.21 bits per heavy atom. The SMILES string of the molecule is CCc1ccc(NC(=O)N[C@@H]2CS(=O)(=O)C[C@H]2Cl)s1. The maximum absolute atomic E-state index is 11.8. The van der Waals surface area contributed by atoms with Gasteiger partial charge in [0.2, 0.25) is 0 Å². The Kier molecular flexibility index (Phi) is 4.37. The number of amides is 2. The first-order valence-corrected chi connectivity index (χ1v) is 8.98. The normalized spacial score (nSPS) is 25.2. The number of urea groups is 1. The first-order chi connectivity index (χ1) is 8.89. The van der Waals surface area contributed by atoms with Crippen LogP contribution in [0.1, 0.15) is 11.8 Å². The Labute approximate surface area is 121 Å². The van der Waals surface area contributed by atoms with Gasteiger partial charge in [-0.1, -0.05) is 6.92 Å². The van der Waals surface area contributed by atoms with Crippen LogP contribution in [0.15, 0.2) is 12.1 Å². The van der Waals surface area contributed by atoms with Gasteiger partial charge in [-0.25, -0.2) is 13.2 Å². The van der Waals surface area contributed by atoms with Crippen LogP contribution in [-0.2, 0) is 16.3 Å². The Hall–Kier alpha value is -0.790. The molecule has 0 aromatic carbocycles. The Balaban J connectivity index is 1.91. The van der Waals surface area contributed by atoms with E-state index in [1.165, 1.54) is 16.2 Å². The van der Waals surface area contributed by atoms with Crippen LogP contribution in [0.4, 0.5) is 9.80 Å². The number of anilines is 1. The van der Waals surface area contributed by atoms with Crippen LogP contribution in [0.2, 0.25) is 0 Å². The van der Waals surface area contributed by atoms with Crippen LogP contribution in [0.25, 0.3) is 0 Å². The van der Waals surface area contributed by atoms with E-state index >= 15 is 0 Å². The van der Waals surface area contributed by atoms with Gasteiger partial charge in [-0.05, 0) is 18.6 Å². The van der Waals surface area contributed by atoms with Crippen molar-refractivity contribution in [3.63, 3.8) is 0 Å². The molecule has 1 saturated heterocycles. The molecule has 8 heteroatoms. The lowest BCUT2D eigenvalue weighted by Crippen LogP contribution is -2.42. The van der Waals surface area contributed by atoms with Crippen LogP contribution in [-0.4, -0.2) is 37.4 Å². The molecule has 0 radical (unpaired) electrons. The number of nitrogens with one attached hydrogen (secondary N) is 2. The van der Waals surface area contributed by atoms with E-state index in [0.29, 0.717) is 0 Å². The van der Waals surface area contributed by atoms with Crippen molar-refractivity contribution in [2.45, 2.75) is 24.8 Å². The van der Waals surface area contributed by atoms with Gasteiger partial charge in [-0.3, -0.25) is 5.32 Å². The van der Waals surface area contributed by atoms with Crippen LogP contribution >= 0.6 is 22.9 Å². The minimum atomic E-state index is -3.13. The zero-order chi connectivity index (χ0) is 14.0. The van der Waals surface area contributed by atoms with Crippen molar-refractivity contribution >= 4 is 43.8 Å². The molecule has 106 valence electrons. The maximum Gasteiger partial charge on any atom is 0.320 e. The van der Waals surface area contributed by atoms with Gasteiger partial charge in [0.25, 0.3) is 0 Å². The highest BCUT2D eigenvalue weighted by atomic mass is 35.5. The van der Waals surface area contributed by atoms with E-state index < -0.39 is 27.3 Å². The minimum absolute atomic E-state index is 0.0848. The molecule has 1 aliphatic rings. The Morgan fingerprint density at radius 1 is 1.47 bits per heavy atom. The summed E-state index contributed by atoms with van der Waals surface area (Å²) in [6.07, 6.45) is 0.915. The molecule has 2 heterocycles. The van der Waals surface area contributed by atoms with Crippen molar-refractivity contribution in [1.82, 2.24) is 5.32 Å². The van der Waals surface area contributed by atoms with E-state index in [-0.39, 0.29) is 11.5 Å². The van der Waals surface area contributed by atoms with Crippen molar-refractivity contribution in [2.24, 2.45) is 0 Å². The topological polar surface area (TPSA) is 75.3 Å². The fourth-order valence-electron chi connectivity index (χ4n) is 1.89. The predicted octanol–water partition coefficient (Wildman–Crippen LogP) is 1.84. The van der Waals surface area contributed by atoms with Crippen molar-refractivity contribution in [3.8, 4) is 0 Å². The second-order valence-corrected chi connectivity index (χ2v) is 8.30. The van der Waals surface area contributed by atoms with Gasteiger partial charge in [-0.2, -0.15) is 0 Å². The Morgan fingerprint density at radius 3 is 2.74 bits per heavy atom.